The number of carbonyl (C=O) groups is 1. The van der Waals surface area contributed by atoms with E-state index in [2.05, 4.69) is 22.1 Å². The largest absolute Gasteiger partial charge is 0.326 e. The van der Waals surface area contributed by atoms with Gasteiger partial charge in [-0.15, -0.1) is 0 Å². The minimum Gasteiger partial charge on any atom is -0.326 e. The maximum absolute atomic E-state index is 12.3. The minimum atomic E-state index is -3.22. The summed E-state index contributed by atoms with van der Waals surface area (Å²) >= 11 is 0. The summed E-state index contributed by atoms with van der Waals surface area (Å²) in [6.45, 7) is 4.69. The molecule has 0 spiro atoms. The van der Waals surface area contributed by atoms with Crippen LogP contribution in [0.1, 0.15) is 37.3 Å². The number of anilines is 1. The van der Waals surface area contributed by atoms with Crippen molar-refractivity contribution >= 4 is 21.4 Å². The lowest BCUT2D eigenvalue weighted by atomic mass is 10.1. The zero-order chi connectivity index (χ0) is 21.4. The molecule has 5 nitrogen and oxygen atoms in total. The first-order valence-electron chi connectivity index (χ1n) is 10.4. The summed E-state index contributed by atoms with van der Waals surface area (Å²) in [4.78, 5) is 15.0. The van der Waals surface area contributed by atoms with Crippen LogP contribution in [-0.4, -0.2) is 44.6 Å². The first-order valence-corrected chi connectivity index (χ1v) is 12.0. The molecule has 1 saturated heterocycles. The van der Waals surface area contributed by atoms with E-state index in [1.165, 1.54) is 19.3 Å². The smallest absolute Gasteiger partial charge is 0.228 e. The van der Waals surface area contributed by atoms with E-state index in [0.29, 0.717) is 5.69 Å². The molecule has 158 valence electrons. The predicted octanol–water partition coefficient (Wildman–Crippen LogP) is 3.50. The maximum atomic E-state index is 12.3. The van der Waals surface area contributed by atoms with Gasteiger partial charge >= 0.3 is 0 Å². The van der Waals surface area contributed by atoms with E-state index in [-0.39, 0.29) is 23.0 Å². The van der Waals surface area contributed by atoms with Crippen LogP contribution in [0.3, 0.4) is 0 Å². The Kier molecular flexibility index (Phi) is 7.67. The Hall–Kier alpha value is -2.62. The molecule has 6 heteroatoms. The summed E-state index contributed by atoms with van der Waals surface area (Å²) in [5.74, 6) is 6.32. The van der Waals surface area contributed by atoms with Crippen molar-refractivity contribution in [1.82, 2.24) is 4.90 Å². The molecule has 0 aliphatic carbocycles. The molecule has 1 aliphatic rings. The molecule has 30 heavy (non-hydrogen) atoms. The van der Waals surface area contributed by atoms with Crippen molar-refractivity contribution in [2.45, 2.75) is 37.5 Å². The number of hydrogen-bond acceptors (Lipinski definition) is 4. The molecule has 3 rings (SSSR count). The van der Waals surface area contributed by atoms with Crippen LogP contribution in [-0.2, 0) is 21.1 Å². The second-order valence-electron chi connectivity index (χ2n) is 7.49. The molecule has 1 amide bonds. The van der Waals surface area contributed by atoms with Gasteiger partial charge in [-0.1, -0.05) is 37.3 Å². The first kappa shape index (κ1) is 22.1. The predicted molar refractivity (Wildman–Crippen MR) is 120 cm³/mol. The Morgan fingerprint density at radius 3 is 2.30 bits per heavy atom. The average molecular weight is 425 g/mol. The number of rotatable bonds is 6. The summed E-state index contributed by atoms with van der Waals surface area (Å²) < 4.78 is 23.7. The molecule has 2 aromatic carbocycles. The van der Waals surface area contributed by atoms with Gasteiger partial charge in [0.05, 0.1) is 23.6 Å². The monoisotopic (exact) mass is 424 g/mol. The molecule has 1 heterocycles. The standard InChI is InChI=1S/C24H28N2O3S/c1-2-30(28,29)23-14-10-21(11-15-23)19-24(27)25-22-12-8-20(9-13-22)7-6-18-26-16-4-3-5-17-26/h8-15H,2-5,16-19H2,1H3,(H,25,27). The van der Waals surface area contributed by atoms with E-state index in [4.69, 9.17) is 0 Å². The van der Waals surface area contributed by atoms with Gasteiger partial charge in [0.15, 0.2) is 9.84 Å². The van der Waals surface area contributed by atoms with Gasteiger partial charge in [-0.2, -0.15) is 0 Å². The van der Waals surface area contributed by atoms with Gasteiger partial charge < -0.3 is 5.32 Å². The van der Waals surface area contributed by atoms with E-state index in [0.717, 1.165) is 30.8 Å². The number of carbonyl (C=O) groups excluding carboxylic acids is 1. The Morgan fingerprint density at radius 1 is 1.00 bits per heavy atom. The molecule has 0 bridgehead atoms. The third-order valence-electron chi connectivity index (χ3n) is 5.18. The maximum Gasteiger partial charge on any atom is 0.228 e. The summed E-state index contributed by atoms with van der Waals surface area (Å²) in [7, 11) is -3.22. The molecule has 1 N–H and O–H groups in total. The van der Waals surface area contributed by atoms with Crippen LogP contribution in [0.15, 0.2) is 53.4 Å². The number of nitrogens with one attached hydrogen (secondary N) is 1. The molecule has 0 unspecified atom stereocenters. The zero-order valence-corrected chi connectivity index (χ0v) is 18.2. The van der Waals surface area contributed by atoms with Crippen molar-refractivity contribution in [2.24, 2.45) is 0 Å². The molecular weight excluding hydrogens is 396 g/mol. The number of piperidine rings is 1. The third kappa shape index (κ3) is 6.45. The Morgan fingerprint density at radius 2 is 1.67 bits per heavy atom. The molecule has 1 aliphatic heterocycles. The SMILES string of the molecule is CCS(=O)(=O)c1ccc(CC(=O)Nc2ccc(C#CCN3CCCCC3)cc2)cc1. The van der Waals surface area contributed by atoms with Crippen LogP contribution in [0, 0.1) is 11.8 Å². The molecule has 0 atom stereocenters. The van der Waals surface area contributed by atoms with Crippen LogP contribution in [0.5, 0.6) is 0 Å². The Labute approximate surface area is 179 Å². The van der Waals surface area contributed by atoms with Gasteiger partial charge in [0, 0.05) is 11.3 Å². The number of nitrogens with zero attached hydrogens (tertiary/aromatic N) is 1. The fourth-order valence-electron chi connectivity index (χ4n) is 3.38. The fourth-order valence-corrected chi connectivity index (χ4v) is 4.26. The minimum absolute atomic E-state index is 0.0610. The van der Waals surface area contributed by atoms with Gasteiger partial charge in [-0.3, -0.25) is 9.69 Å². The normalized spacial score (nSPS) is 14.6. The fraction of sp³-hybridized carbons (Fsp3) is 0.375. The molecule has 0 saturated carbocycles. The summed E-state index contributed by atoms with van der Waals surface area (Å²) in [5, 5.41) is 2.87. The first-order chi connectivity index (χ1) is 14.5. The summed E-state index contributed by atoms with van der Waals surface area (Å²) in [6.07, 6.45) is 4.03. The zero-order valence-electron chi connectivity index (χ0n) is 17.4. The van der Waals surface area contributed by atoms with Crippen LogP contribution < -0.4 is 5.32 Å². The van der Waals surface area contributed by atoms with Crippen LogP contribution in [0.2, 0.25) is 0 Å². The van der Waals surface area contributed by atoms with Crippen LogP contribution in [0.4, 0.5) is 5.69 Å². The number of likely N-dealkylation sites (tertiary alicyclic amines) is 1. The second kappa shape index (κ2) is 10.4. The van der Waals surface area contributed by atoms with Gasteiger partial charge in [-0.05, 0) is 67.9 Å². The second-order valence-corrected chi connectivity index (χ2v) is 9.77. The van der Waals surface area contributed by atoms with E-state index in [1.54, 1.807) is 31.2 Å². The van der Waals surface area contributed by atoms with Crippen molar-refractivity contribution in [3.05, 3.63) is 59.7 Å². The third-order valence-corrected chi connectivity index (χ3v) is 6.93. The van der Waals surface area contributed by atoms with Gasteiger partial charge in [-0.25, -0.2) is 8.42 Å². The van der Waals surface area contributed by atoms with Crippen molar-refractivity contribution < 1.29 is 13.2 Å². The highest BCUT2D eigenvalue weighted by Gasteiger charge is 2.12. The lowest BCUT2D eigenvalue weighted by molar-refractivity contribution is -0.115. The number of sulfone groups is 1. The van der Waals surface area contributed by atoms with Gasteiger partial charge in [0.1, 0.15) is 0 Å². The van der Waals surface area contributed by atoms with Crippen molar-refractivity contribution in [2.75, 3.05) is 30.7 Å². The van der Waals surface area contributed by atoms with E-state index >= 15 is 0 Å². The van der Waals surface area contributed by atoms with E-state index in [1.807, 2.05) is 24.3 Å². The topological polar surface area (TPSA) is 66.5 Å². The summed E-state index contributed by atoms with van der Waals surface area (Å²) in [5.41, 5.74) is 2.41. The highest BCUT2D eigenvalue weighted by molar-refractivity contribution is 7.91. The van der Waals surface area contributed by atoms with Crippen molar-refractivity contribution in [3.8, 4) is 11.8 Å². The van der Waals surface area contributed by atoms with Crippen molar-refractivity contribution in [3.63, 3.8) is 0 Å². The highest BCUT2D eigenvalue weighted by Crippen LogP contribution is 2.14. The number of benzene rings is 2. The van der Waals surface area contributed by atoms with E-state index < -0.39 is 9.84 Å². The van der Waals surface area contributed by atoms with E-state index in [9.17, 15) is 13.2 Å². The molecule has 0 aromatic heterocycles. The summed E-state index contributed by atoms with van der Waals surface area (Å²) in [6, 6.07) is 14.0. The molecule has 0 radical (unpaired) electrons. The average Bonchev–Trinajstić information content (AvgIpc) is 2.76. The quantitative estimate of drug-likeness (QED) is 0.721. The number of hydrogen-bond donors (Lipinski definition) is 1. The van der Waals surface area contributed by atoms with Crippen LogP contribution in [0.25, 0.3) is 0 Å². The molecule has 2 aromatic rings. The molecule has 1 fully saturated rings. The van der Waals surface area contributed by atoms with Gasteiger partial charge in [0.2, 0.25) is 5.91 Å². The number of amides is 1. The molecular formula is C24H28N2O3S. The lowest BCUT2D eigenvalue weighted by Gasteiger charge is -2.23. The lowest BCUT2D eigenvalue weighted by Crippen LogP contribution is -2.29. The highest BCUT2D eigenvalue weighted by atomic mass is 32.2. The van der Waals surface area contributed by atoms with Crippen LogP contribution >= 0.6 is 0 Å². The Balaban J connectivity index is 1.51. The Bertz CT molecular complexity index is 1010. The van der Waals surface area contributed by atoms with Crippen molar-refractivity contribution in [1.29, 1.82) is 0 Å². The van der Waals surface area contributed by atoms with Gasteiger partial charge in [0.25, 0.3) is 0 Å².